The summed E-state index contributed by atoms with van der Waals surface area (Å²) >= 11 is 6.20. The third kappa shape index (κ3) is 7.64. The molecule has 0 unspecified atom stereocenters. The first-order valence-electron chi connectivity index (χ1n) is 13.3. The molecule has 0 aliphatic heterocycles. The Morgan fingerprint density at radius 2 is 1.57 bits per heavy atom. The standard InChI is InChI=1S/C31H38ClN3O4S/c1-7-24(5)33-31(37)25(6)34(19-26-9-8-10-27(32)18-26)30(36)20-35(29-17-22(3)11-14-23(29)4)40(38,39)28-15-12-21(2)13-16-28/h8-18,24-25H,7,19-20H2,1-6H3,(H,33,37)/t24-,25-/m0/s1. The second-order valence-electron chi connectivity index (χ2n) is 10.3. The number of hydrogen-bond acceptors (Lipinski definition) is 4. The fourth-order valence-corrected chi connectivity index (χ4v) is 5.90. The molecule has 2 atom stereocenters. The van der Waals surface area contributed by atoms with Crippen molar-refractivity contribution >= 4 is 39.1 Å². The molecule has 0 aliphatic rings. The van der Waals surface area contributed by atoms with E-state index in [0.29, 0.717) is 16.3 Å². The number of nitrogens with one attached hydrogen (secondary N) is 1. The summed E-state index contributed by atoms with van der Waals surface area (Å²) in [5.74, 6) is -0.826. The largest absolute Gasteiger partial charge is 0.352 e. The third-order valence-electron chi connectivity index (χ3n) is 6.93. The molecule has 3 rings (SSSR count). The quantitative estimate of drug-likeness (QED) is 0.309. The maximum Gasteiger partial charge on any atom is 0.264 e. The molecule has 0 radical (unpaired) electrons. The first-order chi connectivity index (χ1) is 18.8. The van der Waals surface area contributed by atoms with E-state index in [-0.39, 0.29) is 23.4 Å². The topological polar surface area (TPSA) is 86.8 Å². The molecule has 2 amide bonds. The van der Waals surface area contributed by atoms with Gasteiger partial charge in [0.25, 0.3) is 10.0 Å². The molecule has 3 aromatic carbocycles. The first kappa shape index (κ1) is 31.2. The van der Waals surface area contributed by atoms with E-state index in [4.69, 9.17) is 11.6 Å². The summed E-state index contributed by atoms with van der Waals surface area (Å²) in [7, 11) is -4.12. The van der Waals surface area contributed by atoms with Crippen LogP contribution in [-0.4, -0.2) is 43.8 Å². The van der Waals surface area contributed by atoms with Gasteiger partial charge in [0.1, 0.15) is 12.6 Å². The summed E-state index contributed by atoms with van der Waals surface area (Å²) in [6.07, 6.45) is 0.732. The number of anilines is 1. The van der Waals surface area contributed by atoms with Crippen LogP contribution in [0, 0.1) is 20.8 Å². The predicted molar refractivity (Wildman–Crippen MR) is 161 cm³/mol. The summed E-state index contributed by atoms with van der Waals surface area (Å²) in [4.78, 5) is 28.7. The van der Waals surface area contributed by atoms with Crippen LogP contribution in [0.2, 0.25) is 5.02 Å². The number of hydrogen-bond donors (Lipinski definition) is 1. The van der Waals surface area contributed by atoms with Gasteiger partial charge in [-0.15, -0.1) is 0 Å². The predicted octanol–water partition coefficient (Wildman–Crippen LogP) is 5.79. The number of carbonyl (C=O) groups is 2. The van der Waals surface area contributed by atoms with Crippen LogP contribution in [0.1, 0.15) is 49.4 Å². The summed E-state index contributed by atoms with van der Waals surface area (Å²) < 4.78 is 29.2. The molecule has 0 fully saturated rings. The minimum absolute atomic E-state index is 0.0774. The maximum absolute atomic E-state index is 14.1. The van der Waals surface area contributed by atoms with Crippen LogP contribution in [0.4, 0.5) is 5.69 Å². The van der Waals surface area contributed by atoms with Crippen LogP contribution < -0.4 is 9.62 Å². The molecule has 7 nitrogen and oxygen atoms in total. The van der Waals surface area contributed by atoms with Crippen molar-refractivity contribution in [1.29, 1.82) is 0 Å². The second-order valence-corrected chi connectivity index (χ2v) is 12.6. The number of halogens is 1. The van der Waals surface area contributed by atoms with Gasteiger partial charge in [-0.3, -0.25) is 13.9 Å². The van der Waals surface area contributed by atoms with E-state index in [1.807, 2.05) is 52.8 Å². The van der Waals surface area contributed by atoms with Gasteiger partial charge in [-0.1, -0.05) is 60.5 Å². The lowest BCUT2D eigenvalue weighted by atomic mass is 10.1. The average Bonchev–Trinajstić information content (AvgIpc) is 2.91. The lowest BCUT2D eigenvalue weighted by Crippen LogP contribution is -2.52. The van der Waals surface area contributed by atoms with Crippen molar-refractivity contribution in [3.63, 3.8) is 0 Å². The van der Waals surface area contributed by atoms with Gasteiger partial charge in [0.15, 0.2) is 0 Å². The zero-order valence-electron chi connectivity index (χ0n) is 23.9. The molecule has 0 aromatic heterocycles. The number of rotatable bonds is 11. The van der Waals surface area contributed by atoms with Gasteiger partial charge in [-0.25, -0.2) is 8.42 Å². The van der Waals surface area contributed by atoms with Crippen molar-refractivity contribution in [2.75, 3.05) is 10.8 Å². The van der Waals surface area contributed by atoms with Gasteiger partial charge < -0.3 is 10.2 Å². The van der Waals surface area contributed by atoms with Crippen LogP contribution in [-0.2, 0) is 26.2 Å². The number of benzene rings is 3. The third-order valence-corrected chi connectivity index (χ3v) is 8.94. The maximum atomic E-state index is 14.1. The highest BCUT2D eigenvalue weighted by molar-refractivity contribution is 7.92. The number of carbonyl (C=O) groups excluding carboxylic acids is 2. The number of nitrogens with zero attached hydrogens (tertiary/aromatic N) is 2. The van der Waals surface area contributed by atoms with Crippen molar-refractivity contribution in [3.05, 3.63) is 94.0 Å². The fraction of sp³-hybridized carbons (Fsp3) is 0.355. The Hall–Kier alpha value is -3.36. The molecular weight excluding hydrogens is 546 g/mol. The Balaban J connectivity index is 2.07. The van der Waals surface area contributed by atoms with E-state index < -0.39 is 28.5 Å². The molecule has 0 spiro atoms. The van der Waals surface area contributed by atoms with Crippen LogP contribution in [0.25, 0.3) is 0 Å². The van der Waals surface area contributed by atoms with Crippen molar-refractivity contribution < 1.29 is 18.0 Å². The molecule has 40 heavy (non-hydrogen) atoms. The molecule has 1 N–H and O–H groups in total. The summed E-state index contributed by atoms with van der Waals surface area (Å²) in [6.45, 7) is 10.7. The average molecular weight is 584 g/mol. The summed E-state index contributed by atoms with van der Waals surface area (Å²) in [5.41, 5.74) is 3.62. The Kier molecular flexibility index (Phi) is 10.4. The van der Waals surface area contributed by atoms with E-state index in [1.54, 1.807) is 55.5 Å². The minimum Gasteiger partial charge on any atom is -0.352 e. The van der Waals surface area contributed by atoms with Crippen molar-refractivity contribution in [2.45, 2.75) is 71.5 Å². The van der Waals surface area contributed by atoms with Crippen LogP contribution in [0.5, 0.6) is 0 Å². The smallest absolute Gasteiger partial charge is 0.264 e. The lowest BCUT2D eigenvalue weighted by Gasteiger charge is -2.33. The Morgan fingerprint density at radius 3 is 2.20 bits per heavy atom. The molecule has 0 saturated heterocycles. The van der Waals surface area contributed by atoms with Gasteiger partial charge in [-0.05, 0) is 88.1 Å². The zero-order valence-corrected chi connectivity index (χ0v) is 25.5. The molecule has 0 heterocycles. The number of amides is 2. The molecule has 0 aliphatic carbocycles. The van der Waals surface area contributed by atoms with E-state index in [1.165, 1.54) is 4.90 Å². The highest BCUT2D eigenvalue weighted by Crippen LogP contribution is 2.29. The van der Waals surface area contributed by atoms with Crippen molar-refractivity contribution in [1.82, 2.24) is 10.2 Å². The molecule has 214 valence electrons. The Bertz CT molecular complexity index is 1460. The molecule has 3 aromatic rings. The van der Waals surface area contributed by atoms with E-state index in [2.05, 4.69) is 5.32 Å². The van der Waals surface area contributed by atoms with E-state index in [0.717, 1.165) is 27.4 Å². The number of sulfonamides is 1. The lowest BCUT2D eigenvalue weighted by molar-refractivity contribution is -0.139. The van der Waals surface area contributed by atoms with Gasteiger partial charge >= 0.3 is 0 Å². The van der Waals surface area contributed by atoms with Gasteiger partial charge in [0.2, 0.25) is 11.8 Å². The van der Waals surface area contributed by atoms with E-state index >= 15 is 0 Å². The van der Waals surface area contributed by atoms with Crippen LogP contribution >= 0.6 is 11.6 Å². The van der Waals surface area contributed by atoms with Crippen LogP contribution in [0.3, 0.4) is 0 Å². The highest BCUT2D eigenvalue weighted by Gasteiger charge is 2.33. The second kappa shape index (κ2) is 13.3. The van der Waals surface area contributed by atoms with E-state index in [9.17, 15) is 18.0 Å². The monoisotopic (exact) mass is 583 g/mol. The van der Waals surface area contributed by atoms with Crippen molar-refractivity contribution in [2.24, 2.45) is 0 Å². The van der Waals surface area contributed by atoms with Gasteiger partial charge in [0, 0.05) is 17.6 Å². The zero-order chi connectivity index (χ0) is 29.6. The summed E-state index contributed by atoms with van der Waals surface area (Å²) in [5, 5.41) is 3.43. The Morgan fingerprint density at radius 1 is 0.925 bits per heavy atom. The first-order valence-corrected chi connectivity index (χ1v) is 15.2. The summed E-state index contributed by atoms with van der Waals surface area (Å²) in [6, 6.07) is 18.1. The van der Waals surface area contributed by atoms with Crippen LogP contribution in [0.15, 0.2) is 71.6 Å². The van der Waals surface area contributed by atoms with Crippen molar-refractivity contribution in [3.8, 4) is 0 Å². The molecule has 9 heteroatoms. The number of aryl methyl sites for hydroxylation is 3. The minimum atomic E-state index is -4.12. The normalized spacial score (nSPS) is 12.9. The Labute approximate surface area is 243 Å². The molecular formula is C31H38ClN3O4S. The molecule has 0 bridgehead atoms. The highest BCUT2D eigenvalue weighted by atomic mass is 35.5. The molecule has 0 saturated carbocycles. The fourth-order valence-electron chi connectivity index (χ4n) is 4.22. The van der Waals surface area contributed by atoms with Gasteiger partial charge in [-0.2, -0.15) is 0 Å². The SMILES string of the molecule is CC[C@H](C)NC(=O)[C@H](C)N(Cc1cccc(Cl)c1)C(=O)CN(c1cc(C)ccc1C)S(=O)(=O)c1ccc(C)cc1. The van der Waals surface area contributed by atoms with Gasteiger partial charge in [0.05, 0.1) is 10.6 Å².